The molecule has 6 unspecified atom stereocenters. The molecule has 0 aromatic carbocycles. The summed E-state index contributed by atoms with van der Waals surface area (Å²) in [5.41, 5.74) is 0. The Labute approximate surface area is 309 Å². The molecule has 9 heteroatoms. The Hall–Kier alpha value is -2.11. The minimum absolute atomic E-state index is 0.114. The first-order chi connectivity index (χ1) is 24.9. The maximum Gasteiger partial charge on any atom is 0.306 e. The molecule has 1 fully saturated rings. The van der Waals surface area contributed by atoms with Crippen molar-refractivity contribution >= 4 is 5.97 Å². The Morgan fingerprint density at radius 2 is 1.20 bits per heavy atom. The SMILES string of the molecule is CC/C=C\C/C=C\C/C=C\C/C=C\C/C=C\CCCCOCC(COC1OC(CO)C(O)C(O)C1O)OC(=O)CCCCCCCCCCCC. The van der Waals surface area contributed by atoms with Crippen LogP contribution in [0, 0.1) is 0 Å². The number of esters is 1. The first-order valence-electron chi connectivity index (χ1n) is 19.9. The van der Waals surface area contributed by atoms with Gasteiger partial charge in [-0.25, -0.2) is 0 Å². The summed E-state index contributed by atoms with van der Waals surface area (Å²) >= 11 is 0. The van der Waals surface area contributed by atoms with Crippen LogP contribution in [0.3, 0.4) is 0 Å². The van der Waals surface area contributed by atoms with Crippen molar-refractivity contribution in [3.8, 4) is 0 Å². The summed E-state index contributed by atoms with van der Waals surface area (Å²) in [6.45, 7) is 4.30. The van der Waals surface area contributed by atoms with Crippen LogP contribution in [-0.4, -0.2) is 89.6 Å². The van der Waals surface area contributed by atoms with Crippen molar-refractivity contribution in [3.05, 3.63) is 60.8 Å². The van der Waals surface area contributed by atoms with E-state index in [1.165, 1.54) is 44.9 Å². The van der Waals surface area contributed by atoms with E-state index in [0.29, 0.717) is 13.0 Å². The third-order valence-electron chi connectivity index (χ3n) is 8.70. The van der Waals surface area contributed by atoms with Crippen LogP contribution in [0.5, 0.6) is 0 Å². The number of hydrogen-bond acceptors (Lipinski definition) is 9. The average molecular weight is 721 g/mol. The quantitative estimate of drug-likeness (QED) is 0.0310. The monoisotopic (exact) mass is 721 g/mol. The molecule has 1 aliphatic heterocycles. The van der Waals surface area contributed by atoms with Gasteiger partial charge in [-0.3, -0.25) is 4.79 Å². The van der Waals surface area contributed by atoms with E-state index in [-0.39, 0.29) is 19.2 Å². The van der Waals surface area contributed by atoms with Gasteiger partial charge in [0.05, 0.1) is 19.8 Å². The second-order valence-electron chi connectivity index (χ2n) is 13.4. The van der Waals surface area contributed by atoms with E-state index < -0.39 is 43.4 Å². The van der Waals surface area contributed by atoms with E-state index in [1.807, 2.05) is 0 Å². The van der Waals surface area contributed by atoms with Gasteiger partial charge in [-0.15, -0.1) is 0 Å². The molecule has 0 radical (unpaired) electrons. The van der Waals surface area contributed by atoms with E-state index in [1.54, 1.807) is 0 Å². The third kappa shape index (κ3) is 25.5. The smallest absolute Gasteiger partial charge is 0.306 e. The minimum Gasteiger partial charge on any atom is -0.457 e. The molecule has 51 heavy (non-hydrogen) atoms. The van der Waals surface area contributed by atoms with Crippen molar-refractivity contribution in [2.75, 3.05) is 26.4 Å². The zero-order valence-corrected chi connectivity index (χ0v) is 31.8. The molecule has 0 aliphatic carbocycles. The molecule has 0 spiro atoms. The molecule has 9 nitrogen and oxygen atoms in total. The molecule has 0 aromatic rings. The summed E-state index contributed by atoms with van der Waals surface area (Å²) in [5.74, 6) is -0.334. The molecule has 0 bridgehead atoms. The fraction of sp³-hybridized carbons (Fsp3) is 0.738. The molecule has 294 valence electrons. The lowest BCUT2D eigenvalue weighted by atomic mass is 9.99. The number of aliphatic hydroxyl groups is 4. The maximum atomic E-state index is 12.7. The molecular formula is C42H72O9. The van der Waals surface area contributed by atoms with E-state index in [4.69, 9.17) is 18.9 Å². The minimum atomic E-state index is -1.54. The number of carbonyl (C=O) groups is 1. The van der Waals surface area contributed by atoms with Gasteiger partial charge in [0, 0.05) is 13.0 Å². The first kappa shape index (κ1) is 46.9. The lowest BCUT2D eigenvalue weighted by Crippen LogP contribution is -2.59. The lowest BCUT2D eigenvalue weighted by Gasteiger charge is -2.39. The number of ether oxygens (including phenoxy) is 4. The molecular weight excluding hydrogens is 648 g/mol. The van der Waals surface area contributed by atoms with Crippen molar-refractivity contribution in [1.29, 1.82) is 0 Å². The Kier molecular flexibility index (Phi) is 31.0. The van der Waals surface area contributed by atoms with Crippen LogP contribution in [0.4, 0.5) is 0 Å². The van der Waals surface area contributed by atoms with E-state index in [2.05, 4.69) is 74.6 Å². The Morgan fingerprint density at radius 1 is 0.647 bits per heavy atom. The maximum absolute atomic E-state index is 12.7. The third-order valence-corrected chi connectivity index (χ3v) is 8.70. The predicted octanol–water partition coefficient (Wildman–Crippen LogP) is 7.96. The van der Waals surface area contributed by atoms with Gasteiger partial charge in [0.1, 0.15) is 30.5 Å². The molecule has 0 aromatic heterocycles. The molecule has 1 saturated heterocycles. The molecule has 1 heterocycles. The van der Waals surface area contributed by atoms with Crippen LogP contribution in [-0.2, 0) is 23.7 Å². The number of aliphatic hydroxyl groups excluding tert-OH is 4. The first-order valence-corrected chi connectivity index (χ1v) is 19.9. The molecule has 6 atom stereocenters. The average Bonchev–Trinajstić information content (AvgIpc) is 3.13. The number of hydrogen-bond donors (Lipinski definition) is 4. The van der Waals surface area contributed by atoms with Crippen molar-refractivity contribution in [3.63, 3.8) is 0 Å². The van der Waals surface area contributed by atoms with Gasteiger partial charge in [-0.2, -0.15) is 0 Å². The lowest BCUT2D eigenvalue weighted by molar-refractivity contribution is -0.305. The number of rotatable bonds is 32. The molecule has 1 rings (SSSR count). The van der Waals surface area contributed by atoms with Crippen molar-refractivity contribution in [1.82, 2.24) is 0 Å². The molecule has 0 saturated carbocycles. The van der Waals surface area contributed by atoms with Crippen LogP contribution in [0.2, 0.25) is 0 Å². The van der Waals surface area contributed by atoms with Gasteiger partial charge in [0.2, 0.25) is 0 Å². The summed E-state index contributed by atoms with van der Waals surface area (Å²) < 4.78 is 22.6. The van der Waals surface area contributed by atoms with Gasteiger partial charge < -0.3 is 39.4 Å². The number of carbonyl (C=O) groups excluding carboxylic acids is 1. The zero-order valence-electron chi connectivity index (χ0n) is 31.8. The van der Waals surface area contributed by atoms with Gasteiger partial charge >= 0.3 is 5.97 Å². The van der Waals surface area contributed by atoms with Gasteiger partial charge in [0.25, 0.3) is 0 Å². The molecule has 4 N–H and O–H groups in total. The topological polar surface area (TPSA) is 135 Å². The van der Waals surface area contributed by atoms with Crippen molar-refractivity contribution < 1.29 is 44.2 Å². The largest absolute Gasteiger partial charge is 0.457 e. The van der Waals surface area contributed by atoms with E-state index in [9.17, 15) is 25.2 Å². The summed E-state index contributed by atoms with van der Waals surface area (Å²) in [4.78, 5) is 12.7. The molecule has 1 aliphatic rings. The normalized spacial score (nSPS) is 22.0. The predicted molar refractivity (Wildman–Crippen MR) is 205 cm³/mol. The second-order valence-corrected chi connectivity index (χ2v) is 13.4. The highest BCUT2D eigenvalue weighted by Crippen LogP contribution is 2.22. The Bertz CT molecular complexity index is 958. The zero-order chi connectivity index (χ0) is 37.2. The summed E-state index contributed by atoms with van der Waals surface area (Å²) in [7, 11) is 0. The standard InChI is InChI=1S/C42H72O9/c1-3-5-7-9-11-13-15-16-17-18-19-20-21-22-24-26-28-30-32-48-34-36(35-49-42-41(47)40(46)39(45)37(33-43)51-42)50-38(44)31-29-27-25-23-14-12-10-8-6-4-2/h5,7,11,13,16-17,19-20,22,24,36-37,39-43,45-47H,3-4,6,8-10,12,14-15,18,21,23,25-35H2,1-2H3/b7-5-,13-11-,17-16-,20-19-,24-22-. The van der Waals surface area contributed by atoms with E-state index in [0.717, 1.165) is 70.6 Å². The fourth-order valence-electron chi connectivity index (χ4n) is 5.57. The van der Waals surface area contributed by atoms with Gasteiger partial charge in [0.15, 0.2) is 6.29 Å². The van der Waals surface area contributed by atoms with E-state index >= 15 is 0 Å². The van der Waals surface area contributed by atoms with Crippen LogP contribution in [0.25, 0.3) is 0 Å². The fourth-order valence-corrected chi connectivity index (χ4v) is 5.57. The van der Waals surface area contributed by atoms with Crippen LogP contribution >= 0.6 is 0 Å². The van der Waals surface area contributed by atoms with Crippen LogP contribution in [0.1, 0.15) is 136 Å². The highest BCUT2D eigenvalue weighted by molar-refractivity contribution is 5.69. The summed E-state index contributed by atoms with van der Waals surface area (Å²) in [5, 5.41) is 39.9. The summed E-state index contributed by atoms with van der Waals surface area (Å²) in [6, 6.07) is 0. The van der Waals surface area contributed by atoms with Crippen LogP contribution in [0.15, 0.2) is 60.8 Å². The van der Waals surface area contributed by atoms with Gasteiger partial charge in [-0.05, 0) is 57.8 Å². The number of allylic oxidation sites excluding steroid dienone is 10. The summed E-state index contributed by atoms with van der Waals surface area (Å²) in [6.07, 6.45) is 34.0. The Morgan fingerprint density at radius 3 is 1.76 bits per heavy atom. The van der Waals surface area contributed by atoms with Crippen LogP contribution < -0.4 is 0 Å². The number of unbranched alkanes of at least 4 members (excludes halogenated alkanes) is 11. The highest BCUT2D eigenvalue weighted by Gasteiger charge is 2.44. The van der Waals surface area contributed by atoms with Crippen molar-refractivity contribution in [2.24, 2.45) is 0 Å². The van der Waals surface area contributed by atoms with Crippen molar-refractivity contribution in [2.45, 2.75) is 173 Å². The Balaban J connectivity index is 2.35. The highest BCUT2D eigenvalue weighted by atomic mass is 16.7. The van der Waals surface area contributed by atoms with Gasteiger partial charge in [-0.1, -0.05) is 132 Å². The second kappa shape index (κ2) is 33.7. The molecule has 0 amide bonds.